The first-order valence-electron chi connectivity index (χ1n) is 9.03. The van der Waals surface area contributed by atoms with Crippen molar-refractivity contribution >= 4 is 22.9 Å². The zero-order valence-corrected chi connectivity index (χ0v) is 15.4. The molecule has 0 unspecified atom stereocenters. The Labute approximate surface area is 154 Å². The van der Waals surface area contributed by atoms with Crippen LogP contribution in [0.15, 0.2) is 54.7 Å². The number of benzene rings is 1. The number of nitrogens with zero attached hydrogens (tertiary/aromatic N) is 1. The molecular weight excluding hydrogens is 330 g/mol. The highest BCUT2D eigenvalue weighted by Gasteiger charge is 2.18. The van der Waals surface area contributed by atoms with Gasteiger partial charge in [-0.25, -0.2) is 0 Å². The molecule has 0 spiro atoms. The third-order valence-corrected chi connectivity index (χ3v) is 4.86. The van der Waals surface area contributed by atoms with Crippen LogP contribution in [0.5, 0.6) is 0 Å². The van der Waals surface area contributed by atoms with Gasteiger partial charge in [-0.3, -0.25) is 4.79 Å². The number of unbranched alkanes of at least 4 members (excludes halogenated alkanes) is 1. The van der Waals surface area contributed by atoms with Crippen LogP contribution < -0.4 is 0 Å². The summed E-state index contributed by atoms with van der Waals surface area (Å²) in [4.78, 5) is 13.2. The predicted octanol–water partition coefficient (Wildman–Crippen LogP) is 5.68. The van der Waals surface area contributed by atoms with Crippen LogP contribution in [0.4, 0.5) is 0 Å². The molecule has 3 heteroatoms. The summed E-state index contributed by atoms with van der Waals surface area (Å²) in [7, 11) is 0. The van der Waals surface area contributed by atoms with Gasteiger partial charge in [0.2, 0.25) is 5.78 Å². The molecule has 0 atom stereocenters. The van der Waals surface area contributed by atoms with E-state index in [0.29, 0.717) is 5.88 Å². The topological polar surface area (TPSA) is 21.5 Å². The quantitative estimate of drug-likeness (QED) is 0.377. The van der Waals surface area contributed by atoms with Gasteiger partial charge < -0.3 is 4.40 Å². The largest absolute Gasteiger partial charge is 0.313 e. The first-order valence-corrected chi connectivity index (χ1v) is 9.56. The van der Waals surface area contributed by atoms with Crippen LogP contribution in [0.3, 0.4) is 0 Å². The van der Waals surface area contributed by atoms with Crippen molar-refractivity contribution < 1.29 is 4.79 Å². The highest BCUT2D eigenvalue weighted by Crippen LogP contribution is 2.22. The van der Waals surface area contributed by atoms with Crippen LogP contribution in [0, 0.1) is 0 Å². The number of hydrogen-bond acceptors (Lipinski definition) is 1. The molecule has 0 aliphatic heterocycles. The molecule has 2 heterocycles. The summed E-state index contributed by atoms with van der Waals surface area (Å²) in [5, 5.41) is 0. The second-order valence-corrected chi connectivity index (χ2v) is 6.81. The van der Waals surface area contributed by atoms with Crippen molar-refractivity contribution in [2.24, 2.45) is 0 Å². The lowest BCUT2D eigenvalue weighted by Crippen LogP contribution is -2.08. The minimum atomic E-state index is 0.0983. The number of pyridine rings is 1. The van der Waals surface area contributed by atoms with E-state index >= 15 is 0 Å². The molecule has 0 aliphatic rings. The average Bonchev–Trinajstić information content (AvgIpc) is 3.02. The summed E-state index contributed by atoms with van der Waals surface area (Å²) >= 11 is 5.76. The Morgan fingerprint density at radius 2 is 1.84 bits per heavy atom. The van der Waals surface area contributed by atoms with Gasteiger partial charge in [0.25, 0.3) is 0 Å². The van der Waals surface area contributed by atoms with Crippen molar-refractivity contribution in [2.45, 2.75) is 39.0 Å². The number of alkyl halides is 1. The molecule has 0 amide bonds. The molecule has 3 rings (SSSR count). The number of aromatic nitrogens is 1. The van der Waals surface area contributed by atoms with Crippen LogP contribution in [-0.2, 0) is 12.8 Å². The summed E-state index contributed by atoms with van der Waals surface area (Å²) in [5.41, 5.74) is 5.00. The molecule has 0 fully saturated rings. The third-order valence-electron chi connectivity index (χ3n) is 4.59. The van der Waals surface area contributed by atoms with E-state index in [0.717, 1.165) is 54.4 Å². The molecule has 0 aliphatic carbocycles. The molecule has 2 nitrogen and oxygen atoms in total. The number of ketones is 1. The lowest BCUT2D eigenvalue weighted by Gasteiger charge is -2.07. The molecule has 25 heavy (non-hydrogen) atoms. The molecule has 0 saturated heterocycles. The second-order valence-electron chi connectivity index (χ2n) is 6.44. The Morgan fingerprint density at radius 1 is 1.04 bits per heavy atom. The Kier molecular flexibility index (Phi) is 5.93. The minimum Gasteiger partial charge on any atom is -0.313 e. The fraction of sp³-hybridized carbons (Fsp3) is 0.318. The smallest absolute Gasteiger partial charge is 0.210 e. The van der Waals surface area contributed by atoms with Crippen molar-refractivity contribution in [3.63, 3.8) is 0 Å². The molecule has 2 aromatic heterocycles. The molecule has 0 N–H and O–H groups in total. The van der Waals surface area contributed by atoms with E-state index in [2.05, 4.69) is 19.1 Å². The van der Waals surface area contributed by atoms with Crippen LogP contribution in [0.1, 0.15) is 53.4 Å². The zero-order valence-electron chi connectivity index (χ0n) is 14.7. The van der Waals surface area contributed by atoms with Gasteiger partial charge in [0.05, 0.1) is 5.69 Å². The van der Waals surface area contributed by atoms with E-state index in [1.807, 2.05) is 47.0 Å². The Morgan fingerprint density at radius 3 is 2.56 bits per heavy atom. The van der Waals surface area contributed by atoms with E-state index in [1.165, 1.54) is 5.56 Å². The zero-order chi connectivity index (χ0) is 17.6. The second kappa shape index (κ2) is 8.35. The fourth-order valence-electron chi connectivity index (χ4n) is 3.22. The number of fused-ring (bicyclic) bond motifs is 1. The fourth-order valence-corrected chi connectivity index (χ4v) is 3.36. The van der Waals surface area contributed by atoms with Crippen molar-refractivity contribution in [3.8, 4) is 0 Å². The van der Waals surface area contributed by atoms with E-state index in [4.69, 9.17) is 11.6 Å². The number of aryl methyl sites for hydroxylation is 2. The predicted molar refractivity (Wildman–Crippen MR) is 105 cm³/mol. The van der Waals surface area contributed by atoms with Gasteiger partial charge in [-0.05, 0) is 55.0 Å². The number of carbonyl (C=O) groups excluding carboxylic acids is 1. The van der Waals surface area contributed by atoms with Gasteiger partial charge in [0.1, 0.15) is 0 Å². The SMILES string of the molecule is CCCCc1cc2ccccn2c1C(=O)c1ccc(CCCCl)cc1. The maximum Gasteiger partial charge on any atom is 0.210 e. The van der Waals surface area contributed by atoms with Gasteiger partial charge in [0.15, 0.2) is 0 Å². The van der Waals surface area contributed by atoms with Crippen molar-refractivity contribution in [3.05, 3.63) is 77.1 Å². The Hall–Kier alpha value is -2.06. The van der Waals surface area contributed by atoms with Crippen molar-refractivity contribution in [1.29, 1.82) is 0 Å². The minimum absolute atomic E-state index is 0.0983. The maximum absolute atomic E-state index is 13.2. The summed E-state index contributed by atoms with van der Waals surface area (Å²) in [5.74, 6) is 0.763. The average molecular weight is 354 g/mol. The van der Waals surface area contributed by atoms with Gasteiger partial charge >= 0.3 is 0 Å². The van der Waals surface area contributed by atoms with Crippen molar-refractivity contribution in [2.75, 3.05) is 5.88 Å². The van der Waals surface area contributed by atoms with Crippen LogP contribution in [0.25, 0.3) is 5.52 Å². The summed E-state index contributed by atoms with van der Waals surface area (Å²) in [6.07, 6.45) is 7.04. The van der Waals surface area contributed by atoms with Crippen LogP contribution >= 0.6 is 11.6 Å². The van der Waals surface area contributed by atoms with Gasteiger partial charge in [-0.15, -0.1) is 11.6 Å². The van der Waals surface area contributed by atoms with Gasteiger partial charge in [-0.1, -0.05) is 43.7 Å². The van der Waals surface area contributed by atoms with E-state index in [9.17, 15) is 4.79 Å². The van der Waals surface area contributed by atoms with Crippen LogP contribution in [0.2, 0.25) is 0 Å². The Bertz CT molecular complexity index is 848. The first kappa shape index (κ1) is 17.8. The summed E-state index contributed by atoms with van der Waals surface area (Å²) in [6.45, 7) is 2.18. The van der Waals surface area contributed by atoms with E-state index < -0.39 is 0 Å². The van der Waals surface area contributed by atoms with E-state index in [1.54, 1.807) is 0 Å². The van der Waals surface area contributed by atoms with Crippen molar-refractivity contribution in [1.82, 2.24) is 4.40 Å². The molecular formula is C22H24ClNO. The molecule has 3 aromatic rings. The number of halogens is 1. The van der Waals surface area contributed by atoms with Gasteiger partial charge in [-0.2, -0.15) is 0 Å². The molecule has 1 aromatic carbocycles. The number of hydrogen-bond donors (Lipinski definition) is 0. The molecule has 0 bridgehead atoms. The van der Waals surface area contributed by atoms with Crippen LogP contribution in [-0.4, -0.2) is 16.1 Å². The molecule has 0 saturated carbocycles. The number of carbonyl (C=O) groups is 1. The summed E-state index contributed by atoms with van der Waals surface area (Å²) < 4.78 is 2.02. The van der Waals surface area contributed by atoms with E-state index in [-0.39, 0.29) is 5.78 Å². The lowest BCUT2D eigenvalue weighted by atomic mass is 10.00. The third kappa shape index (κ3) is 3.96. The monoisotopic (exact) mass is 353 g/mol. The highest BCUT2D eigenvalue weighted by molar-refractivity contribution is 6.17. The molecule has 130 valence electrons. The summed E-state index contributed by atoms with van der Waals surface area (Å²) in [6, 6.07) is 16.2. The van der Waals surface area contributed by atoms with Gasteiger partial charge in [0, 0.05) is 23.2 Å². The highest BCUT2D eigenvalue weighted by atomic mass is 35.5. The normalized spacial score (nSPS) is 11.1. The first-order chi connectivity index (χ1) is 12.2. The standard InChI is InChI=1S/C22H24ClNO/c1-2-3-8-19-16-20-9-4-5-15-24(20)21(19)22(25)18-12-10-17(11-13-18)7-6-14-23/h4-5,9-13,15-16H,2-3,6-8,14H2,1H3. The number of rotatable bonds is 8. The lowest BCUT2D eigenvalue weighted by molar-refractivity contribution is 0.103. The molecule has 0 radical (unpaired) electrons. The Balaban J connectivity index is 1.95. The maximum atomic E-state index is 13.2.